The molecule has 0 spiro atoms. The SMILES string of the molecule is CN(c1nc2ccccc2c2nnc(-c3cccs3)n12)C1CCCCC1. The zero-order chi connectivity index (χ0) is 17.5. The summed E-state index contributed by atoms with van der Waals surface area (Å²) in [6, 6.07) is 12.9. The molecule has 0 unspecified atom stereocenters. The van der Waals surface area contributed by atoms with E-state index in [1.807, 2.05) is 12.1 Å². The summed E-state index contributed by atoms with van der Waals surface area (Å²) in [5.74, 6) is 1.82. The van der Waals surface area contributed by atoms with Crippen molar-refractivity contribution in [2.75, 3.05) is 11.9 Å². The summed E-state index contributed by atoms with van der Waals surface area (Å²) in [6.07, 6.45) is 6.39. The number of benzene rings is 1. The van der Waals surface area contributed by atoms with E-state index in [1.54, 1.807) is 11.3 Å². The van der Waals surface area contributed by atoms with E-state index in [9.17, 15) is 0 Å². The fourth-order valence-electron chi connectivity index (χ4n) is 4.00. The van der Waals surface area contributed by atoms with E-state index in [4.69, 9.17) is 4.98 Å². The molecule has 3 aromatic heterocycles. The van der Waals surface area contributed by atoms with Crippen LogP contribution in [0.5, 0.6) is 0 Å². The van der Waals surface area contributed by atoms with Crippen LogP contribution in [0.25, 0.3) is 27.3 Å². The number of fused-ring (bicyclic) bond motifs is 3. The number of para-hydroxylation sites is 1. The highest BCUT2D eigenvalue weighted by Crippen LogP contribution is 2.32. The van der Waals surface area contributed by atoms with Crippen molar-refractivity contribution in [1.29, 1.82) is 0 Å². The van der Waals surface area contributed by atoms with Gasteiger partial charge in [0, 0.05) is 18.5 Å². The number of anilines is 1. The molecule has 0 amide bonds. The van der Waals surface area contributed by atoms with Crippen LogP contribution >= 0.6 is 11.3 Å². The highest BCUT2D eigenvalue weighted by Gasteiger charge is 2.24. The van der Waals surface area contributed by atoms with Crippen molar-refractivity contribution in [3.63, 3.8) is 0 Å². The molecular formula is C20H21N5S. The van der Waals surface area contributed by atoms with Gasteiger partial charge in [-0.25, -0.2) is 9.38 Å². The quantitative estimate of drug-likeness (QED) is 0.526. The zero-order valence-corrected chi connectivity index (χ0v) is 15.6. The van der Waals surface area contributed by atoms with Gasteiger partial charge in [0.1, 0.15) is 0 Å². The first-order chi connectivity index (χ1) is 12.8. The molecular weight excluding hydrogens is 342 g/mol. The number of rotatable bonds is 3. The van der Waals surface area contributed by atoms with E-state index >= 15 is 0 Å². The second kappa shape index (κ2) is 6.36. The minimum absolute atomic E-state index is 0.527. The first-order valence-corrected chi connectivity index (χ1v) is 10.1. The molecule has 0 N–H and O–H groups in total. The third kappa shape index (κ3) is 2.48. The van der Waals surface area contributed by atoms with Gasteiger partial charge < -0.3 is 4.90 Å². The summed E-state index contributed by atoms with van der Waals surface area (Å²) in [4.78, 5) is 8.50. The van der Waals surface area contributed by atoms with Gasteiger partial charge in [-0.2, -0.15) is 0 Å². The lowest BCUT2D eigenvalue weighted by Crippen LogP contribution is -2.35. The Hall–Kier alpha value is -2.47. The fourth-order valence-corrected chi connectivity index (χ4v) is 4.70. The molecule has 0 radical (unpaired) electrons. The van der Waals surface area contributed by atoms with E-state index < -0.39 is 0 Å². The maximum Gasteiger partial charge on any atom is 0.213 e. The second-order valence-corrected chi connectivity index (χ2v) is 7.94. The molecule has 6 heteroatoms. The lowest BCUT2D eigenvalue weighted by atomic mass is 9.95. The van der Waals surface area contributed by atoms with Gasteiger partial charge in [0.15, 0.2) is 11.5 Å². The van der Waals surface area contributed by atoms with Crippen LogP contribution in [0.1, 0.15) is 32.1 Å². The van der Waals surface area contributed by atoms with Gasteiger partial charge in [0.25, 0.3) is 0 Å². The van der Waals surface area contributed by atoms with E-state index in [1.165, 1.54) is 32.1 Å². The first kappa shape index (κ1) is 15.8. The predicted molar refractivity (Wildman–Crippen MR) is 107 cm³/mol. The number of hydrogen-bond donors (Lipinski definition) is 0. The number of aromatic nitrogens is 4. The van der Waals surface area contributed by atoms with E-state index in [0.717, 1.165) is 33.2 Å². The Morgan fingerprint density at radius 3 is 2.69 bits per heavy atom. The Bertz CT molecular complexity index is 1050. The van der Waals surface area contributed by atoms with Crippen LogP contribution in [0.15, 0.2) is 41.8 Å². The molecule has 1 saturated carbocycles. The standard InChI is InChI=1S/C20H21N5S/c1-24(14-8-3-2-4-9-14)20-21-16-11-6-5-10-15(16)18-22-23-19(25(18)20)17-12-7-13-26-17/h5-7,10-14H,2-4,8-9H2,1H3. The summed E-state index contributed by atoms with van der Waals surface area (Å²) < 4.78 is 2.14. The highest BCUT2D eigenvalue weighted by atomic mass is 32.1. The summed E-state index contributed by atoms with van der Waals surface area (Å²) in [5.41, 5.74) is 1.86. The molecule has 4 aromatic rings. The van der Waals surface area contributed by atoms with Gasteiger partial charge >= 0.3 is 0 Å². The molecule has 0 bridgehead atoms. The maximum atomic E-state index is 5.03. The lowest BCUT2D eigenvalue weighted by Gasteiger charge is -2.32. The van der Waals surface area contributed by atoms with E-state index in [2.05, 4.69) is 56.2 Å². The van der Waals surface area contributed by atoms with Crippen LogP contribution in [0.3, 0.4) is 0 Å². The zero-order valence-electron chi connectivity index (χ0n) is 14.8. The third-order valence-electron chi connectivity index (χ3n) is 5.41. The maximum absolute atomic E-state index is 5.03. The summed E-state index contributed by atoms with van der Waals surface area (Å²) >= 11 is 1.69. The molecule has 1 aliphatic rings. The summed E-state index contributed by atoms with van der Waals surface area (Å²) in [7, 11) is 2.17. The molecule has 5 nitrogen and oxygen atoms in total. The first-order valence-electron chi connectivity index (χ1n) is 9.23. The molecule has 132 valence electrons. The van der Waals surface area contributed by atoms with E-state index in [-0.39, 0.29) is 0 Å². The third-order valence-corrected chi connectivity index (χ3v) is 6.27. The molecule has 0 atom stereocenters. The van der Waals surface area contributed by atoms with Crippen molar-refractivity contribution in [3.05, 3.63) is 41.8 Å². The van der Waals surface area contributed by atoms with Crippen molar-refractivity contribution in [2.24, 2.45) is 0 Å². The number of nitrogens with zero attached hydrogens (tertiary/aromatic N) is 5. The largest absolute Gasteiger partial charge is 0.342 e. The van der Waals surface area contributed by atoms with Crippen LogP contribution in [0.2, 0.25) is 0 Å². The molecule has 1 aromatic carbocycles. The minimum atomic E-state index is 0.527. The fraction of sp³-hybridized carbons (Fsp3) is 0.350. The van der Waals surface area contributed by atoms with Gasteiger partial charge in [0.2, 0.25) is 5.95 Å². The van der Waals surface area contributed by atoms with Crippen molar-refractivity contribution in [3.8, 4) is 10.7 Å². The van der Waals surface area contributed by atoms with Crippen LogP contribution in [0, 0.1) is 0 Å². The average Bonchev–Trinajstić information content (AvgIpc) is 3.37. The molecule has 0 aliphatic heterocycles. The van der Waals surface area contributed by atoms with Gasteiger partial charge in [-0.1, -0.05) is 37.5 Å². The normalized spacial score (nSPS) is 15.7. The molecule has 0 saturated heterocycles. The second-order valence-electron chi connectivity index (χ2n) is 6.99. The number of hydrogen-bond acceptors (Lipinski definition) is 5. The smallest absolute Gasteiger partial charge is 0.213 e. The average molecular weight is 363 g/mol. The Morgan fingerprint density at radius 2 is 1.88 bits per heavy atom. The van der Waals surface area contributed by atoms with Crippen LogP contribution in [-0.4, -0.2) is 32.7 Å². The minimum Gasteiger partial charge on any atom is -0.342 e. The Morgan fingerprint density at radius 1 is 1.04 bits per heavy atom. The molecule has 26 heavy (non-hydrogen) atoms. The van der Waals surface area contributed by atoms with Crippen LogP contribution in [0.4, 0.5) is 5.95 Å². The predicted octanol–water partition coefficient (Wildman–Crippen LogP) is 4.77. The monoisotopic (exact) mass is 363 g/mol. The van der Waals surface area contributed by atoms with E-state index in [0.29, 0.717) is 6.04 Å². The van der Waals surface area contributed by atoms with Gasteiger partial charge in [-0.05, 0) is 36.4 Å². The molecule has 1 fully saturated rings. The van der Waals surface area contributed by atoms with Gasteiger partial charge in [0.05, 0.1) is 10.4 Å². The van der Waals surface area contributed by atoms with Gasteiger partial charge in [-0.15, -0.1) is 21.5 Å². The highest BCUT2D eigenvalue weighted by molar-refractivity contribution is 7.13. The van der Waals surface area contributed by atoms with Gasteiger partial charge in [-0.3, -0.25) is 0 Å². The van der Waals surface area contributed by atoms with Crippen molar-refractivity contribution in [1.82, 2.24) is 19.6 Å². The van der Waals surface area contributed by atoms with Crippen molar-refractivity contribution < 1.29 is 0 Å². The van der Waals surface area contributed by atoms with Crippen LogP contribution < -0.4 is 4.90 Å². The van der Waals surface area contributed by atoms with Crippen molar-refractivity contribution in [2.45, 2.75) is 38.1 Å². The Balaban J connectivity index is 1.77. The Labute approximate surface area is 156 Å². The van der Waals surface area contributed by atoms with Crippen molar-refractivity contribution >= 4 is 33.8 Å². The Kier molecular flexibility index (Phi) is 3.85. The topological polar surface area (TPSA) is 46.3 Å². The summed E-state index contributed by atoms with van der Waals surface area (Å²) in [5, 5.41) is 12.2. The molecule has 3 heterocycles. The summed E-state index contributed by atoms with van der Waals surface area (Å²) in [6.45, 7) is 0. The molecule has 1 aliphatic carbocycles. The van der Waals surface area contributed by atoms with Crippen LogP contribution in [-0.2, 0) is 0 Å². The number of thiophene rings is 1. The lowest BCUT2D eigenvalue weighted by molar-refractivity contribution is 0.423. The molecule has 5 rings (SSSR count).